The normalized spacial score (nSPS) is 11.0. The van der Waals surface area contributed by atoms with Gasteiger partial charge in [0.2, 0.25) is 0 Å². The monoisotopic (exact) mass is 392 g/mol. The van der Waals surface area contributed by atoms with Crippen LogP contribution in [0.4, 0.5) is 0 Å². The molecule has 0 saturated heterocycles. The second kappa shape index (κ2) is 7.48. The van der Waals surface area contributed by atoms with Crippen LogP contribution in [0.1, 0.15) is 11.1 Å². The van der Waals surface area contributed by atoms with E-state index in [1.807, 2.05) is 54.8 Å². The molecular formula is C22H20N2O3S. The van der Waals surface area contributed by atoms with Gasteiger partial charge in [0.25, 0.3) is 5.56 Å². The number of methoxy groups -OCH3 is 2. The minimum atomic E-state index is -0.0256. The molecule has 2 aromatic heterocycles. The van der Waals surface area contributed by atoms with E-state index < -0.39 is 0 Å². The van der Waals surface area contributed by atoms with Gasteiger partial charge in [-0.1, -0.05) is 35.9 Å². The van der Waals surface area contributed by atoms with Crippen LogP contribution < -0.4 is 15.0 Å². The first kappa shape index (κ1) is 18.3. The number of aryl methyl sites for hydroxylation is 1. The predicted molar refractivity (Wildman–Crippen MR) is 113 cm³/mol. The zero-order chi connectivity index (χ0) is 19.7. The second-order valence-corrected chi connectivity index (χ2v) is 7.44. The van der Waals surface area contributed by atoms with E-state index in [4.69, 9.17) is 9.47 Å². The third kappa shape index (κ3) is 3.27. The predicted octanol–water partition coefficient (Wildman–Crippen LogP) is 4.50. The molecule has 0 spiro atoms. The standard InChI is InChI=1S/C22H20N2O3S/c1-14-4-6-15(7-5-14)11-24-13-23-20-17(12-28-21(20)22(24)25)16-8-9-18(26-2)19(10-16)27-3/h4-10,12-13H,11H2,1-3H3. The molecule has 0 aliphatic rings. The number of fused-ring (bicyclic) bond motifs is 1. The molecular weight excluding hydrogens is 372 g/mol. The zero-order valence-electron chi connectivity index (χ0n) is 15.9. The molecule has 0 amide bonds. The highest BCUT2D eigenvalue weighted by atomic mass is 32.1. The molecule has 6 heteroatoms. The summed E-state index contributed by atoms with van der Waals surface area (Å²) in [6.07, 6.45) is 1.63. The van der Waals surface area contributed by atoms with Crippen molar-refractivity contribution in [3.63, 3.8) is 0 Å². The Labute approximate surface area is 166 Å². The van der Waals surface area contributed by atoms with Crippen molar-refractivity contribution in [2.45, 2.75) is 13.5 Å². The fraction of sp³-hybridized carbons (Fsp3) is 0.182. The van der Waals surface area contributed by atoms with E-state index in [1.165, 1.54) is 16.9 Å². The minimum absolute atomic E-state index is 0.0256. The molecule has 0 atom stereocenters. The number of hydrogen-bond donors (Lipinski definition) is 0. The Morgan fingerprint density at radius 3 is 2.50 bits per heavy atom. The maximum Gasteiger partial charge on any atom is 0.271 e. The van der Waals surface area contributed by atoms with Crippen LogP contribution >= 0.6 is 11.3 Å². The lowest BCUT2D eigenvalue weighted by Crippen LogP contribution is -2.20. The average Bonchev–Trinajstić information content (AvgIpc) is 3.16. The number of nitrogens with zero attached hydrogens (tertiary/aromatic N) is 2. The molecule has 0 unspecified atom stereocenters. The van der Waals surface area contributed by atoms with E-state index in [1.54, 1.807) is 25.1 Å². The number of benzene rings is 2. The van der Waals surface area contributed by atoms with Crippen LogP contribution in [-0.4, -0.2) is 23.8 Å². The molecule has 0 bridgehead atoms. The van der Waals surface area contributed by atoms with Gasteiger partial charge in [-0.2, -0.15) is 0 Å². The molecule has 0 fully saturated rings. The molecule has 142 valence electrons. The van der Waals surface area contributed by atoms with Gasteiger partial charge in [0.1, 0.15) is 4.70 Å². The van der Waals surface area contributed by atoms with Gasteiger partial charge in [-0.15, -0.1) is 11.3 Å². The van der Waals surface area contributed by atoms with E-state index in [2.05, 4.69) is 4.98 Å². The van der Waals surface area contributed by atoms with Crippen LogP contribution in [0.15, 0.2) is 59.0 Å². The molecule has 4 aromatic rings. The summed E-state index contributed by atoms with van der Waals surface area (Å²) >= 11 is 1.42. The summed E-state index contributed by atoms with van der Waals surface area (Å²) < 4.78 is 13.0. The van der Waals surface area contributed by atoms with Gasteiger partial charge in [-0.3, -0.25) is 9.36 Å². The maximum absolute atomic E-state index is 13.0. The fourth-order valence-electron chi connectivity index (χ4n) is 3.15. The quantitative estimate of drug-likeness (QED) is 0.502. The Hall–Kier alpha value is -3.12. The number of hydrogen-bond acceptors (Lipinski definition) is 5. The molecule has 2 heterocycles. The lowest BCUT2D eigenvalue weighted by atomic mass is 10.1. The Morgan fingerprint density at radius 2 is 1.79 bits per heavy atom. The summed E-state index contributed by atoms with van der Waals surface area (Å²) in [7, 11) is 3.21. The van der Waals surface area contributed by atoms with Crippen molar-refractivity contribution < 1.29 is 9.47 Å². The van der Waals surface area contributed by atoms with Crippen molar-refractivity contribution in [3.8, 4) is 22.6 Å². The Morgan fingerprint density at radius 1 is 1.04 bits per heavy atom. The van der Waals surface area contributed by atoms with E-state index in [-0.39, 0.29) is 5.56 Å². The van der Waals surface area contributed by atoms with Gasteiger partial charge >= 0.3 is 0 Å². The average molecular weight is 392 g/mol. The molecule has 28 heavy (non-hydrogen) atoms. The van der Waals surface area contributed by atoms with E-state index in [0.29, 0.717) is 28.3 Å². The Bertz CT molecular complexity index is 1190. The van der Waals surface area contributed by atoms with Gasteiger partial charge in [0.15, 0.2) is 11.5 Å². The van der Waals surface area contributed by atoms with Crippen molar-refractivity contribution in [2.24, 2.45) is 0 Å². The number of ether oxygens (including phenoxy) is 2. The van der Waals surface area contributed by atoms with E-state index in [0.717, 1.165) is 16.7 Å². The number of thiophene rings is 1. The van der Waals surface area contributed by atoms with Crippen LogP contribution in [0.3, 0.4) is 0 Å². The molecule has 0 saturated carbocycles. The first-order valence-electron chi connectivity index (χ1n) is 8.85. The smallest absolute Gasteiger partial charge is 0.271 e. The second-order valence-electron chi connectivity index (χ2n) is 6.56. The largest absolute Gasteiger partial charge is 0.493 e. The van der Waals surface area contributed by atoms with Crippen LogP contribution in [0, 0.1) is 6.92 Å². The highest BCUT2D eigenvalue weighted by Crippen LogP contribution is 2.36. The topological polar surface area (TPSA) is 53.4 Å². The summed E-state index contributed by atoms with van der Waals surface area (Å²) in [6.45, 7) is 2.55. The van der Waals surface area contributed by atoms with Gasteiger partial charge in [0.05, 0.1) is 32.6 Å². The van der Waals surface area contributed by atoms with E-state index >= 15 is 0 Å². The van der Waals surface area contributed by atoms with Crippen molar-refractivity contribution in [2.75, 3.05) is 14.2 Å². The maximum atomic E-state index is 13.0. The van der Waals surface area contributed by atoms with Gasteiger partial charge in [0, 0.05) is 10.9 Å². The molecule has 2 aromatic carbocycles. The molecule has 0 N–H and O–H groups in total. The Balaban J connectivity index is 1.74. The molecule has 5 nitrogen and oxygen atoms in total. The van der Waals surface area contributed by atoms with Crippen LogP contribution in [0.5, 0.6) is 11.5 Å². The van der Waals surface area contributed by atoms with Gasteiger partial charge in [-0.05, 0) is 30.2 Å². The summed E-state index contributed by atoms with van der Waals surface area (Å²) in [5.41, 5.74) is 4.81. The molecule has 0 radical (unpaired) electrons. The van der Waals surface area contributed by atoms with Gasteiger partial charge in [-0.25, -0.2) is 4.98 Å². The Kier molecular flexibility index (Phi) is 4.88. The van der Waals surface area contributed by atoms with Crippen molar-refractivity contribution >= 4 is 21.6 Å². The highest BCUT2D eigenvalue weighted by molar-refractivity contribution is 7.17. The van der Waals surface area contributed by atoms with Crippen molar-refractivity contribution in [3.05, 3.63) is 75.7 Å². The zero-order valence-corrected chi connectivity index (χ0v) is 16.7. The lowest BCUT2D eigenvalue weighted by Gasteiger charge is -2.09. The van der Waals surface area contributed by atoms with Gasteiger partial charge < -0.3 is 9.47 Å². The summed E-state index contributed by atoms with van der Waals surface area (Å²) in [4.78, 5) is 17.5. The minimum Gasteiger partial charge on any atom is -0.493 e. The van der Waals surface area contributed by atoms with Crippen LogP contribution in [-0.2, 0) is 6.54 Å². The lowest BCUT2D eigenvalue weighted by molar-refractivity contribution is 0.355. The summed E-state index contributed by atoms with van der Waals surface area (Å²) in [5.74, 6) is 1.31. The molecule has 4 rings (SSSR count). The molecule has 0 aliphatic heterocycles. The third-order valence-electron chi connectivity index (χ3n) is 4.71. The highest BCUT2D eigenvalue weighted by Gasteiger charge is 2.14. The number of aromatic nitrogens is 2. The fourth-order valence-corrected chi connectivity index (χ4v) is 4.13. The SMILES string of the molecule is COc1ccc(-c2csc3c(=O)n(Cc4ccc(C)cc4)cnc23)cc1OC. The number of rotatable bonds is 5. The van der Waals surface area contributed by atoms with Crippen molar-refractivity contribution in [1.29, 1.82) is 0 Å². The summed E-state index contributed by atoms with van der Waals surface area (Å²) in [6, 6.07) is 13.9. The first-order valence-corrected chi connectivity index (χ1v) is 9.73. The third-order valence-corrected chi connectivity index (χ3v) is 5.67. The summed E-state index contributed by atoms with van der Waals surface area (Å²) in [5, 5.41) is 1.97. The van der Waals surface area contributed by atoms with Crippen LogP contribution in [0.2, 0.25) is 0 Å². The van der Waals surface area contributed by atoms with Crippen molar-refractivity contribution in [1.82, 2.24) is 9.55 Å². The van der Waals surface area contributed by atoms with E-state index in [9.17, 15) is 4.79 Å². The van der Waals surface area contributed by atoms with Crippen LogP contribution in [0.25, 0.3) is 21.3 Å². The first-order chi connectivity index (χ1) is 13.6. The molecule has 0 aliphatic carbocycles.